The second-order valence-electron chi connectivity index (χ2n) is 5.83. The number of hydrogen-bond donors (Lipinski definition) is 1. The van der Waals surface area contributed by atoms with Crippen LogP contribution in [0.25, 0.3) is 5.69 Å². The highest BCUT2D eigenvalue weighted by Crippen LogP contribution is 2.20. The molecule has 0 spiro atoms. The summed E-state index contributed by atoms with van der Waals surface area (Å²) in [6.07, 6.45) is 0. The summed E-state index contributed by atoms with van der Waals surface area (Å²) in [6.45, 7) is 4.72. The standard InChI is InChI=1S/C19H18ClFN4O2/c1-3-27-11-13-5-4-6-14(9-13)22-19(26)18-12(2)25(24-23-18)15-7-8-17(21)16(20)10-15/h4-10H,3,11H2,1-2H3,(H,22,26). The van der Waals surface area contributed by atoms with Crippen molar-refractivity contribution in [2.45, 2.75) is 20.5 Å². The van der Waals surface area contributed by atoms with Crippen LogP contribution < -0.4 is 5.32 Å². The molecule has 0 atom stereocenters. The number of carbonyl (C=O) groups is 1. The van der Waals surface area contributed by atoms with Crippen LogP contribution in [0.1, 0.15) is 28.7 Å². The average molecular weight is 389 g/mol. The first-order chi connectivity index (χ1) is 13.0. The third-order valence-corrected chi connectivity index (χ3v) is 4.20. The molecule has 3 rings (SSSR count). The van der Waals surface area contributed by atoms with Gasteiger partial charge >= 0.3 is 0 Å². The van der Waals surface area contributed by atoms with E-state index in [4.69, 9.17) is 16.3 Å². The number of halogens is 2. The van der Waals surface area contributed by atoms with Crippen LogP contribution >= 0.6 is 11.6 Å². The van der Waals surface area contributed by atoms with Gasteiger partial charge in [-0.05, 0) is 49.7 Å². The van der Waals surface area contributed by atoms with Gasteiger partial charge in [-0.25, -0.2) is 9.07 Å². The Hall–Kier alpha value is -2.77. The first-order valence-electron chi connectivity index (χ1n) is 8.35. The molecule has 2 aromatic carbocycles. The van der Waals surface area contributed by atoms with E-state index in [1.165, 1.54) is 22.9 Å². The van der Waals surface area contributed by atoms with Gasteiger partial charge in [0.15, 0.2) is 5.69 Å². The van der Waals surface area contributed by atoms with Crippen LogP contribution in [0, 0.1) is 12.7 Å². The lowest BCUT2D eigenvalue weighted by molar-refractivity contribution is 0.102. The molecule has 6 nitrogen and oxygen atoms in total. The van der Waals surface area contributed by atoms with E-state index in [0.717, 1.165) is 5.56 Å². The molecule has 1 N–H and O–H groups in total. The summed E-state index contributed by atoms with van der Waals surface area (Å²) in [5.41, 5.74) is 2.79. The highest BCUT2D eigenvalue weighted by atomic mass is 35.5. The number of benzene rings is 2. The Balaban J connectivity index is 1.80. The molecule has 1 heterocycles. The molecule has 0 saturated heterocycles. The molecular weight excluding hydrogens is 371 g/mol. The minimum atomic E-state index is -0.525. The van der Waals surface area contributed by atoms with Crippen LogP contribution in [0.5, 0.6) is 0 Å². The van der Waals surface area contributed by atoms with Gasteiger partial charge in [0.25, 0.3) is 5.91 Å². The molecule has 0 radical (unpaired) electrons. The van der Waals surface area contributed by atoms with Gasteiger partial charge in [-0.15, -0.1) is 5.10 Å². The van der Waals surface area contributed by atoms with Crippen LogP contribution in [0.4, 0.5) is 10.1 Å². The number of rotatable bonds is 6. The zero-order valence-corrected chi connectivity index (χ0v) is 15.6. The molecule has 27 heavy (non-hydrogen) atoms. The third-order valence-electron chi connectivity index (χ3n) is 3.92. The van der Waals surface area contributed by atoms with Gasteiger partial charge in [-0.3, -0.25) is 4.79 Å². The topological polar surface area (TPSA) is 69.0 Å². The number of aromatic nitrogens is 3. The molecule has 0 fully saturated rings. The maximum Gasteiger partial charge on any atom is 0.278 e. The second-order valence-corrected chi connectivity index (χ2v) is 6.23. The number of nitrogens with one attached hydrogen (secondary N) is 1. The fourth-order valence-corrected chi connectivity index (χ4v) is 2.72. The van der Waals surface area contributed by atoms with Gasteiger partial charge < -0.3 is 10.1 Å². The van der Waals surface area contributed by atoms with Crippen LogP contribution in [0.2, 0.25) is 5.02 Å². The van der Waals surface area contributed by atoms with E-state index in [2.05, 4.69) is 15.6 Å². The summed E-state index contributed by atoms with van der Waals surface area (Å²) in [5, 5.41) is 10.7. The Morgan fingerprint density at radius 1 is 1.30 bits per heavy atom. The normalized spacial score (nSPS) is 10.8. The molecule has 1 amide bonds. The molecule has 1 aromatic heterocycles. The number of nitrogens with zero attached hydrogens (tertiary/aromatic N) is 3. The van der Waals surface area contributed by atoms with Gasteiger partial charge in [-0.2, -0.15) is 0 Å². The highest BCUT2D eigenvalue weighted by molar-refractivity contribution is 6.30. The van der Waals surface area contributed by atoms with Crippen LogP contribution in [0.3, 0.4) is 0 Å². The smallest absolute Gasteiger partial charge is 0.278 e. The zero-order valence-electron chi connectivity index (χ0n) is 14.9. The molecular formula is C19H18ClFN4O2. The van der Waals surface area contributed by atoms with E-state index in [0.29, 0.717) is 30.3 Å². The first-order valence-corrected chi connectivity index (χ1v) is 8.73. The van der Waals surface area contributed by atoms with Gasteiger partial charge in [0.2, 0.25) is 0 Å². The Kier molecular flexibility index (Phi) is 5.83. The van der Waals surface area contributed by atoms with E-state index >= 15 is 0 Å². The van der Waals surface area contributed by atoms with Gasteiger partial charge in [0.1, 0.15) is 5.82 Å². The van der Waals surface area contributed by atoms with Crippen molar-refractivity contribution in [3.8, 4) is 5.69 Å². The highest BCUT2D eigenvalue weighted by Gasteiger charge is 2.18. The SMILES string of the molecule is CCOCc1cccc(NC(=O)c2nnn(-c3ccc(F)c(Cl)c3)c2C)c1. The number of ether oxygens (including phenoxy) is 1. The lowest BCUT2D eigenvalue weighted by Crippen LogP contribution is -2.14. The predicted molar refractivity (Wildman–Crippen MR) is 101 cm³/mol. The summed E-state index contributed by atoms with van der Waals surface area (Å²) in [4.78, 5) is 12.6. The molecule has 3 aromatic rings. The lowest BCUT2D eigenvalue weighted by Gasteiger charge is -2.07. The van der Waals surface area contributed by atoms with Crippen molar-refractivity contribution >= 4 is 23.2 Å². The molecule has 0 unspecified atom stereocenters. The molecule has 0 aliphatic heterocycles. The fourth-order valence-electron chi connectivity index (χ4n) is 2.55. The van der Waals surface area contributed by atoms with E-state index in [-0.39, 0.29) is 16.6 Å². The Labute approximate surface area is 160 Å². The van der Waals surface area contributed by atoms with E-state index < -0.39 is 5.82 Å². The number of amides is 1. The quantitative estimate of drug-likeness (QED) is 0.688. The first kappa shape index (κ1) is 19.0. The number of anilines is 1. The Morgan fingerprint density at radius 3 is 2.85 bits per heavy atom. The molecule has 0 aliphatic rings. The van der Waals surface area contributed by atoms with Crippen molar-refractivity contribution in [2.75, 3.05) is 11.9 Å². The predicted octanol–water partition coefficient (Wildman–Crippen LogP) is 4.16. The van der Waals surface area contributed by atoms with Crippen molar-refractivity contribution < 1.29 is 13.9 Å². The lowest BCUT2D eigenvalue weighted by atomic mass is 10.2. The Bertz CT molecular complexity index is 974. The number of carbonyl (C=O) groups excluding carboxylic acids is 1. The number of hydrogen-bond acceptors (Lipinski definition) is 4. The van der Waals surface area contributed by atoms with Crippen molar-refractivity contribution in [1.82, 2.24) is 15.0 Å². The van der Waals surface area contributed by atoms with Crippen molar-refractivity contribution in [2.24, 2.45) is 0 Å². The van der Waals surface area contributed by atoms with E-state index in [1.54, 1.807) is 13.0 Å². The molecule has 0 saturated carbocycles. The van der Waals surface area contributed by atoms with Crippen LogP contribution in [0.15, 0.2) is 42.5 Å². The third kappa shape index (κ3) is 4.32. The van der Waals surface area contributed by atoms with Crippen molar-refractivity contribution in [3.05, 3.63) is 70.3 Å². The summed E-state index contributed by atoms with van der Waals surface area (Å²) in [7, 11) is 0. The monoisotopic (exact) mass is 388 g/mol. The molecule has 140 valence electrons. The largest absolute Gasteiger partial charge is 0.377 e. The van der Waals surface area contributed by atoms with Gasteiger partial charge in [0, 0.05) is 12.3 Å². The van der Waals surface area contributed by atoms with Crippen molar-refractivity contribution in [3.63, 3.8) is 0 Å². The minimum Gasteiger partial charge on any atom is -0.377 e. The fraction of sp³-hybridized carbons (Fsp3) is 0.211. The summed E-state index contributed by atoms with van der Waals surface area (Å²) in [6, 6.07) is 11.6. The Morgan fingerprint density at radius 2 is 2.11 bits per heavy atom. The van der Waals surface area contributed by atoms with Gasteiger partial charge in [0.05, 0.1) is 23.0 Å². The maximum atomic E-state index is 13.4. The summed E-state index contributed by atoms with van der Waals surface area (Å²) < 4.78 is 20.2. The minimum absolute atomic E-state index is 0.0282. The van der Waals surface area contributed by atoms with Crippen LogP contribution in [-0.2, 0) is 11.3 Å². The average Bonchev–Trinajstić information content (AvgIpc) is 3.04. The maximum absolute atomic E-state index is 13.4. The molecule has 8 heteroatoms. The van der Waals surface area contributed by atoms with Crippen molar-refractivity contribution in [1.29, 1.82) is 0 Å². The molecule has 0 aliphatic carbocycles. The van der Waals surface area contributed by atoms with Gasteiger partial charge in [-0.1, -0.05) is 28.9 Å². The van der Waals surface area contributed by atoms with E-state index in [9.17, 15) is 9.18 Å². The summed E-state index contributed by atoms with van der Waals surface area (Å²) >= 11 is 5.82. The summed E-state index contributed by atoms with van der Waals surface area (Å²) in [5.74, 6) is -0.913. The molecule has 0 bridgehead atoms. The van der Waals surface area contributed by atoms with Crippen LogP contribution in [-0.4, -0.2) is 27.5 Å². The second kappa shape index (κ2) is 8.28. The van der Waals surface area contributed by atoms with E-state index in [1.807, 2.05) is 25.1 Å². The zero-order chi connectivity index (χ0) is 19.4.